The standard InChI is InChI=1S/C21H26F3N3O2/c1-14(2)28-17-11-7-8-15(12-17)27(3)20-25-13-18(21(22,23)24)19(26-20)29-16-9-5-4-6-10-16/h7-8,11-14,16H,4-6,9-10H2,1-3H3. The van der Waals surface area contributed by atoms with Crippen LogP contribution in [0.4, 0.5) is 24.8 Å². The van der Waals surface area contributed by atoms with Gasteiger partial charge in [-0.05, 0) is 51.7 Å². The fourth-order valence-corrected chi connectivity index (χ4v) is 3.30. The molecule has 1 aromatic carbocycles. The Morgan fingerprint density at radius 3 is 2.52 bits per heavy atom. The zero-order chi connectivity index (χ0) is 21.0. The molecular formula is C21H26F3N3O2. The minimum absolute atomic E-state index is 0.00775. The van der Waals surface area contributed by atoms with Crippen LogP contribution in [-0.2, 0) is 6.18 Å². The molecule has 1 saturated carbocycles. The molecule has 1 aromatic heterocycles. The minimum atomic E-state index is -4.58. The number of rotatable bonds is 6. The van der Waals surface area contributed by atoms with Gasteiger partial charge < -0.3 is 14.4 Å². The lowest BCUT2D eigenvalue weighted by Crippen LogP contribution is -2.23. The van der Waals surface area contributed by atoms with E-state index in [9.17, 15) is 13.2 Å². The first kappa shape index (κ1) is 21.2. The lowest BCUT2D eigenvalue weighted by atomic mass is 9.98. The highest BCUT2D eigenvalue weighted by molar-refractivity contribution is 5.59. The van der Waals surface area contributed by atoms with E-state index in [1.165, 1.54) is 0 Å². The van der Waals surface area contributed by atoms with E-state index in [1.54, 1.807) is 18.0 Å². The Hall–Kier alpha value is -2.51. The predicted octanol–water partition coefficient (Wildman–Crippen LogP) is 5.76. The third-order valence-corrected chi connectivity index (χ3v) is 4.75. The van der Waals surface area contributed by atoms with Crippen LogP contribution in [-0.4, -0.2) is 29.2 Å². The molecular weight excluding hydrogens is 383 g/mol. The molecule has 0 amide bonds. The van der Waals surface area contributed by atoms with Gasteiger partial charge in [0.1, 0.15) is 17.4 Å². The van der Waals surface area contributed by atoms with Crippen LogP contribution in [0.3, 0.4) is 0 Å². The molecule has 0 bridgehead atoms. The van der Waals surface area contributed by atoms with E-state index < -0.39 is 17.6 Å². The molecule has 158 valence electrons. The quantitative estimate of drug-likeness (QED) is 0.607. The van der Waals surface area contributed by atoms with Crippen molar-refractivity contribution in [2.45, 2.75) is 64.3 Å². The van der Waals surface area contributed by atoms with Crippen molar-refractivity contribution >= 4 is 11.6 Å². The van der Waals surface area contributed by atoms with Crippen molar-refractivity contribution in [2.75, 3.05) is 11.9 Å². The molecule has 8 heteroatoms. The van der Waals surface area contributed by atoms with Gasteiger partial charge in [0, 0.05) is 25.0 Å². The predicted molar refractivity (Wildman–Crippen MR) is 105 cm³/mol. The molecule has 0 spiro atoms. The fourth-order valence-electron chi connectivity index (χ4n) is 3.30. The summed E-state index contributed by atoms with van der Waals surface area (Å²) >= 11 is 0. The maximum Gasteiger partial charge on any atom is 0.423 e. The summed E-state index contributed by atoms with van der Waals surface area (Å²) in [6.45, 7) is 3.84. The molecule has 3 rings (SSSR count). The Bertz CT molecular complexity index is 821. The van der Waals surface area contributed by atoms with Crippen LogP contribution in [0.2, 0.25) is 0 Å². The summed E-state index contributed by atoms with van der Waals surface area (Å²) in [6.07, 6.45) is 0.436. The first-order valence-corrected chi connectivity index (χ1v) is 9.85. The van der Waals surface area contributed by atoms with Crippen LogP contribution >= 0.6 is 0 Å². The smallest absolute Gasteiger partial charge is 0.423 e. The third kappa shape index (κ3) is 5.52. The van der Waals surface area contributed by atoms with Crippen LogP contribution in [0.25, 0.3) is 0 Å². The van der Waals surface area contributed by atoms with Crippen molar-refractivity contribution in [1.82, 2.24) is 9.97 Å². The van der Waals surface area contributed by atoms with E-state index in [2.05, 4.69) is 9.97 Å². The van der Waals surface area contributed by atoms with E-state index in [-0.39, 0.29) is 18.2 Å². The van der Waals surface area contributed by atoms with E-state index in [1.807, 2.05) is 32.0 Å². The molecule has 1 aliphatic carbocycles. The topological polar surface area (TPSA) is 47.5 Å². The number of ether oxygens (including phenoxy) is 2. The summed E-state index contributed by atoms with van der Waals surface area (Å²) < 4.78 is 51.7. The maximum atomic E-state index is 13.4. The van der Waals surface area contributed by atoms with Crippen molar-refractivity contribution < 1.29 is 22.6 Å². The zero-order valence-corrected chi connectivity index (χ0v) is 16.9. The molecule has 0 atom stereocenters. The molecule has 0 saturated heterocycles. The number of alkyl halides is 3. The Balaban J connectivity index is 1.89. The highest BCUT2D eigenvalue weighted by Crippen LogP contribution is 2.37. The van der Waals surface area contributed by atoms with Gasteiger partial charge in [0.25, 0.3) is 0 Å². The lowest BCUT2D eigenvalue weighted by molar-refractivity contribution is -0.140. The summed E-state index contributed by atoms with van der Waals surface area (Å²) in [5.41, 5.74) is -0.247. The Labute approximate surface area is 168 Å². The third-order valence-electron chi connectivity index (χ3n) is 4.75. The maximum absolute atomic E-state index is 13.4. The number of nitrogens with zero attached hydrogens (tertiary/aromatic N) is 3. The van der Waals surface area contributed by atoms with Gasteiger partial charge in [-0.15, -0.1) is 0 Å². The zero-order valence-electron chi connectivity index (χ0n) is 16.9. The van der Waals surface area contributed by atoms with Crippen molar-refractivity contribution in [2.24, 2.45) is 0 Å². The molecule has 0 unspecified atom stereocenters. The molecule has 0 N–H and O–H groups in total. The van der Waals surface area contributed by atoms with Crippen LogP contribution < -0.4 is 14.4 Å². The van der Waals surface area contributed by atoms with Gasteiger partial charge >= 0.3 is 6.18 Å². The Morgan fingerprint density at radius 2 is 1.86 bits per heavy atom. The van der Waals surface area contributed by atoms with Gasteiger partial charge in [-0.25, -0.2) is 4.98 Å². The number of hydrogen-bond acceptors (Lipinski definition) is 5. The van der Waals surface area contributed by atoms with Crippen LogP contribution in [0.15, 0.2) is 30.5 Å². The second kappa shape index (κ2) is 8.88. The molecule has 2 aromatic rings. The van der Waals surface area contributed by atoms with Gasteiger partial charge in [0.15, 0.2) is 0 Å². The van der Waals surface area contributed by atoms with Gasteiger partial charge in [-0.2, -0.15) is 18.2 Å². The van der Waals surface area contributed by atoms with Gasteiger partial charge in [-0.1, -0.05) is 12.5 Å². The largest absolute Gasteiger partial charge is 0.491 e. The first-order valence-electron chi connectivity index (χ1n) is 9.85. The number of halogens is 3. The fraction of sp³-hybridized carbons (Fsp3) is 0.524. The molecule has 0 aliphatic heterocycles. The molecule has 29 heavy (non-hydrogen) atoms. The monoisotopic (exact) mass is 409 g/mol. The minimum Gasteiger partial charge on any atom is -0.491 e. The average molecular weight is 409 g/mol. The molecule has 1 heterocycles. The summed E-state index contributed by atoms with van der Waals surface area (Å²) in [5.74, 6) is 0.385. The summed E-state index contributed by atoms with van der Waals surface area (Å²) in [7, 11) is 1.70. The summed E-state index contributed by atoms with van der Waals surface area (Å²) in [4.78, 5) is 9.68. The van der Waals surface area contributed by atoms with Crippen LogP contribution in [0, 0.1) is 0 Å². The second-order valence-corrected chi connectivity index (χ2v) is 7.49. The van der Waals surface area contributed by atoms with E-state index in [0.29, 0.717) is 11.4 Å². The molecule has 5 nitrogen and oxygen atoms in total. The van der Waals surface area contributed by atoms with E-state index >= 15 is 0 Å². The number of aromatic nitrogens is 2. The summed E-state index contributed by atoms with van der Waals surface area (Å²) in [6, 6.07) is 7.24. The van der Waals surface area contributed by atoms with E-state index in [0.717, 1.165) is 38.3 Å². The second-order valence-electron chi connectivity index (χ2n) is 7.49. The molecule has 1 aliphatic rings. The highest BCUT2D eigenvalue weighted by Gasteiger charge is 2.37. The van der Waals surface area contributed by atoms with Crippen molar-refractivity contribution in [3.8, 4) is 11.6 Å². The Morgan fingerprint density at radius 1 is 1.14 bits per heavy atom. The highest BCUT2D eigenvalue weighted by atomic mass is 19.4. The number of hydrogen-bond donors (Lipinski definition) is 0. The summed E-state index contributed by atoms with van der Waals surface area (Å²) in [5, 5.41) is 0. The molecule has 0 radical (unpaired) electrons. The lowest BCUT2D eigenvalue weighted by Gasteiger charge is -2.25. The first-order chi connectivity index (χ1) is 13.7. The van der Waals surface area contributed by atoms with Crippen molar-refractivity contribution in [1.29, 1.82) is 0 Å². The normalized spacial score (nSPS) is 15.4. The molecule has 1 fully saturated rings. The SMILES string of the molecule is CC(C)Oc1cccc(N(C)c2ncc(C(F)(F)F)c(OC3CCCCC3)n2)c1. The Kier molecular flexibility index (Phi) is 6.49. The van der Waals surface area contributed by atoms with Crippen LogP contribution in [0.5, 0.6) is 11.6 Å². The average Bonchev–Trinajstić information content (AvgIpc) is 2.67. The van der Waals surface area contributed by atoms with Gasteiger partial charge in [0.2, 0.25) is 11.8 Å². The number of anilines is 2. The van der Waals surface area contributed by atoms with Crippen molar-refractivity contribution in [3.63, 3.8) is 0 Å². The van der Waals surface area contributed by atoms with Crippen LogP contribution in [0.1, 0.15) is 51.5 Å². The van der Waals surface area contributed by atoms with Gasteiger partial charge in [-0.3, -0.25) is 0 Å². The number of benzene rings is 1. The van der Waals surface area contributed by atoms with Gasteiger partial charge in [0.05, 0.1) is 6.10 Å². The van der Waals surface area contributed by atoms with Crippen molar-refractivity contribution in [3.05, 3.63) is 36.0 Å². The van der Waals surface area contributed by atoms with E-state index in [4.69, 9.17) is 9.47 Å².